The van der Waals surface area contributed by atoms with Crippen LogP contribution in [0.25, 0.3) is 0 Å². The van der Waals surface area contributed by atoms with Gasteiger partial charge in [-0.05, 0) is 17.6 Å². The minimum absolute atomic E-state index is 0.250. The third kappa shape index (κ3) is 1.74. The van der Waals surface area contributed by atoms with Crippen LogP contribution < -0.4 is 0 Å². The number of tetrazole rings is 1. The Morgan fingerprint density at radius 1 is 1.69 bits per heavy atom. The lowest BCUT2D eigenvalue weighted by atomic mass is 10.1. The van der Waals surface area contributed by atoms with E-state index >= 15 is 0 Å². The molecular weight excluding hydrogens is 168 g/mol. The number of carbonyl (C=O) groups is 1. The van der Waals surface area contributed by atoms with Crippen LogP contribution in [0.15, 0.2) is 0 Å². The van der Waals surface area contributed by atoms with E-state index in [2.05, 4.69) is 22.3 Å². The van der Waals surface area contributed by atoms with E-state index in [1.54, 1.807) is 7.05 Å². The molecule has 5 nitrogen and oxygen atoms in total. The number of ketones is 1. The monoisotopic (exact) mass is 180 g/mol. The maximum absolute atomic E-state index is 11.5. The summed E-state index contributed by atoms with van der Waals surface area (Å²) in [7, 11) is 1.70. The molecule has 70 valence electrons. The first kappa shape index (κ1) is 8.34. The lowest BCUT2D eigenvalue weighted by Gasteiger charge is -1.92. The van der Waals surface area contributed by atoms with Crippen molar-refractivity contribution in [3.05, 3.63) is 5.82 Å². The van der Waals surface area contributed by atoms with Crippen molar-refractivity contribution in [1.29, 1.82) is 0 Å². The molecule has 1 fully saturated rings. The van der Waals surface area contributed by atoms with Crippen LogP contribution in [0.4, 0.5) is 0 Å². The molecule has 1 aromatic rings. The average Bonchev–Trinajstić information content (AvgIpc) is 2.66. The van der Waals surface area contributed by atoms with E-state index in [4.69, 9.17) is 0 Å². The van der Waals surface area contributed by atoms with Crippen molar-refractivity contribution in [2.24, 2.45) is 18.9 Å². The highest BCUT2D eigenvalue weighted by molar-refractivity contribution is 5.85. The molecule has 2 rings (SSSR count). The van der Waals surface area contributed by atoms with Crippen molar-refractivity contribution in [2.45, 2.75) is 19.8 Å². The summed E-state index contributed by atoms with van der Waals surface area (Å²) in [6.45, 7) is 2.09. The molecule has 0 bridgehead atoms. The Morgan fingerprint density at radius 2 is 2.38 bits per heavy atom. The lowest BCUT2D eigenvalue weighted by Crippen LogP contribution is -2.07. The van der Waals surface area contributed by atoms with Gasteiger partial charge in [0.2, 0.25) is 0 Å². The Bertz CT molecular complexity index is 333. The molecule has 1 heterocycles. The van der Waals surface area contributed by atoms with Gasteiger partial charge in [-0.3, -0.25) is 4.79 Å². The van der Waals surface area contributed by atoms with Gasteiger partial charge in [-0.15, -0.1) is 10.2 Å². The van der Waals surface area contributed by atoms with Crippen molar-refractivity contribution in [2.75, 3.05) is 0 Å². The number of Topliss-reactive ketones (excluding diaryl/α,β-unsaturated/α-hetero) is 1. The van der Waals surface area contributed by atoms with Gasteiger partial charge in [-0.25, -0.2) is 0 Å². The minimum Gasteiger partial charge on any atom is -0.299 e. The molecule has 1 aliphatic carbocycles. The average molecular weight is 180 g/mol. The van der Waals surface area contributed by atoms with E-state index in [9.17, 15) is 4.79 Å². The number of hydrogen-bond acceptors (Lipinski definition) is 4. The van der Waals surface area contributed by atoms with Crippen LogP contribution in [0.5, 0.6) is 0 Å². The number of nitrogens with zero attached hydrogens (tertiary/aromatic N) is 4. The fraction of sp³-hybridized carbons (Fsp3) is 0.750. The molecular formula is C8H12N4O. The topological polar surface area (TPSA) is 60.7 Å². The molecule has 5 heteroatoms. The number of aromatic nitrogens is 4. The maximum atomic E-state index is 11.5. The third-order valence-corrected chi connectivity index (χ3v) is 2.41. The van der Waals surface area contributed by atoms with Gasteiger partial charge in [0, 0.05) is 5.92 Å². The SMILES string of the molecule is CC1CC1C(=O)Cc1nnn(C)n1. The molecule has 13 heavy (non-hydrogen) atoms. The fourth-order valence-corrected chi connectivity index (χ4v) is 1.45. The summed E-state index contributed by atoms with van der Waals surface area (Å²) in [6.07, 6.45) is 1.36. The maximum Gasteiger partial charge on any atom is 0.182 e. The summed E-state index contributed by atoms with van der Waals surface area (Å²) in [5.41, 5.74) is 0. The summed E-state index contributed by atoms with van der Waals surface area (Å²) in [6, 6.07) is 0. The van der Waals surface area contributed by atoms with Crippen LogP contribution in [-0.4, -0.2) is 26.0 Å². The summed E-state index contributed by atoms with van der Waals surface area (Å²) >= 11 is 0. The van der Waals surface area contributed by atoms with Crippen LogP contribution in [0.1, 0.15) is 19.2 Å². The third-order valence-electron chi connectivity index (χ3n) is 2.41. The van der Waals surface area contributed by atoms with Gasteiger partial charge in [0.15, 0.2) is 5.82 Å². The molecule has 0 aromatic carbocycles. The van der Waals surface area contributed by atoms with Crippen molar-refractivity contribution in [3.63, 3.8) is 0 Å². The van der Waals surface area contributed by atoms with Gasteiger partial charge in [-0.2, -0.15) is 4.80 Å². The first-order valence-corrected chi connectivity index (χ1v) is 4.42. The standard InChI is InChI=1S/C8H12N4O/c1-5-3-6(5)7(13)4-8-9-11-12(2)10-8/h5-6H,3-4H2,1-2H3. The van der Waals surface area contributed by atoms with Crippen LogP contribution in [0, 0.1) is 11.8 Å². The lowest BCUT2D eigenvalue weighted by molar-refractivity contribution is -0.119. The molecule has 0 amide bonds. The van der Waals surface area contributed by atoms with Crippen molar-refractivity contribution in [1.82, 2.24) is 20.2 Å². The quantitative estimate of drug-likeness (QED) is 0.655. The van der Waals surface area contributed by atoms with Gasteiger partial charge < -0.3 is 0 Å². The number of aryl methyl sites for hydroxylation is 1. The Labute approximate surface area is 76.1 Å². The molecule has 0 N–H and O–H groups in total. The zero-order valence-electron chi connectivity index (χ0n) is 7.77. The molecule has 0 spiro atoms. The first-order chi connectivity index (χ1) is 6.16. The highest BCUT2D eigenvalue weighted by Crippen LogP contribution is 2.38. The van der Waals surface area contributed by atoms with E-state index in [0.717, 1.165) is 6.42 Å². The summed E-state index contributed by atoms with van der Waals surface area (Å²) in [4.78, 5) is 12.9. The van der Waals surface area contributed by atoms with E-state index < -0.39 is 0 Å². The molecule has 2 unspecified atom stereocenters. The van der Waals surface area contributed by atoms with Gasteiger partial charge in [-0.1, -0.05) is 6.92 Å². The number of carbonyl (C=O) groups excluding carboxylic acids is 1. The molecule has 1 aromatic heterocycles. The predicted octanol–water partition coefficient (Wildman–Crippen LogP) is -0.0223. The summed E-state index contributed by atoms with van der Waals surface area (Å²) < 4.78 is 0. The predicted molar refractivity (Wildman–Crippen MR) is 44.8 cm³/mol. The second kappa shape index (κ2) is 2.90. The molecule has 1 saturated carbocycles. The van der Waals surface area contributed by atoms with Crippen molar-refractivity contribution >= 4 is 5.78 Å². The van der Waals surface area contributed by atoms with Crippen LogP contribution in [-0.2, 0) is 18.3 Å². The Hall–Kier alpha value is -1.26. The van der Waals surface area contributed by atoms with E-state index in [-0.39, 0.29) is 11.7 Å². The van der Waals surface area contributed by atoms with Crippen molar-refractivity contribution in [3.8, 4) is 0 Å². The second-order valence-corrected chi connectivity index (χ2v) is 3.66. The fourth-order valence-electron chi connectivity index (χ4n) is 1.45. The number of hydrogen-bond donors (Lipinski definition) is 0. The zero-order chi connectivity index (χ0) is 9.42. The van der Waals surface area contributed by atoms with Gasteiger partial charge in [0.05, 0.1) is 13.5 Å². The highest BCUT2D eigenvalue weighted by atomic mass is 16.1. The second-order valence-electron chi connectivity index (χ2n) is 3.66. The zero-order valence-corrected chi connectivity index (χ0v) is 7.77. The van der Waals surface area contributed by atoms with Gasteiger partial charge in [0.1, 0.15) is 5.78 Å². The van der Waals surface area contributed by atoms with Crippen LogP contribution >= 0.6 is 0 Å². The van der Waals surface area contributed by atoms with Gasteiger partial charge in [0.25, 0.3) is 0 Å². The van der Waals surface area contributed by atoms with Crippen LogP contribution in [0.3, 0.4) is 0 Å². The van der Waals surface area contributed by atoms with Crippen LogP contribution in [0.2, 0.25) is 0 Å². The van der Waals surface area contributed by atoms with E-state index in [1.165, 1.54) is 4.80 Å². The Kier molecular flexibility index (Phi) is 1.86. The van der Waals surface area contributed by atoms with Crippen molar-refractivity contribution < 1.29 is 4.79 Å². The smallest absolute Gasteiger partial charge is 0.182 e. The molecule has 1 aliphatic rings. The Balaban J connectivity index is 1.95. The van der Waals surface area contributed by atoms with E-state index in [1.807, 2.05) is 0 Å². The van der Waals surface area contributed by atoms with Gasteiger partial charge >= 0.3 is 0 Å². The number of rotatable bonds is 3. The normalized spacial score (nSPS) is 26.0. The Morgan fingerprint density at radius 3 is 2.85 bits per heavy atom. The molecule has 2 atom stereocenters. The van der Waals surface area contributed by atoms with E-state index in [0.29, 0.717) is 18.2 Å². The largest absolute Gasteiger partial charge is 0.299 e. The summed E-state index contributed by atoms with van der Waals surface area (Å²) in [5.74, 6) is 1.60. The summed E-state index contributed by atoms with van der Waals surface area (Å²) in [5, 5.41) is 11.4. The molecule has 0 saturated heterocycles. The minimum atomic E-state index is 0.250. The molecule has 0 radical (unpaired) electrons. The first-order valence-electron chi connectivity index (χ1n) is 4.42. The molecule has 0 aliphatic heterocycles. The highest BCUT2D eigenvalue weighted by Gasteiger charge is 2.38.